The van der Waals surface area contributed by atoms with Gasteiger partial charge in [-0.25, -0.2) is 0 Å². The van der Waals surface area contributed by atoms with E-state index in [0.29, 0.717) is 29.2 Å². The molecule has 0 bridgehead atoms. The van der Waals surface area contributed by atoms with Crippen LogP contribution < -0.4 is 16.0 Å². The number of methoxy groups -OCH3 is 1. The molecule has 0 saturated heterocycles. The zero-order valence-corrected chi connectivity index (χ0v) is 10.9. The average Bonchev–Trinajstić information content (AvgIpc) is 2.38. The summed E-state index contributed by atoms with van der Waals surface area (Å²) in [5.41, 5.74) is 5.40. The van der Waals surface area contributed by atoms with E-state index in [0.717, 1.165) is 11.8 Å². The van der Waals surface area contributed by atoms with Crippen molar-refractivity contribution in [3.63, 3.8) is 0 Å². The van der Waals surface area contributed by atoms with Gasteiger partial charge in [0.15, 0.2) is 0 Å². The van der Waals surface area contributed by atoms with Gasteiger partial charge >= 0.3 is 0 Å². The second-order valence-corrected chi connectivity index (χ2v) is 4.44. The van der Waals surface area contributed by atoms with Crippen LogP contribution in [0.2, 0.25) is 5.02 Å². The SMILES string of the molecule is COc1cc2ccn(CCCN)c(=O)c2cc1Cl. The van der Waals surface area contributed by atoms with Crippen LogP contribution in [0, 0.1) is 0 Å². The van der Waals surface area contributed by atoms with Crippen molar-refractivity contribution in [2.45, 2.75) is 13.0 Å². The number of halogens is 1. The first-order valence-corrected chi connectivity index (χ1v) is 6.12. The quantitative estimate of drug-likeness (QED) is 0.921. The molecule has 2 aromatic rings. The van der Waals surface area contributed by atoms with Crippen molar-refractivity contribution in [3.05, 3.63) is 39.8 Å². The van der Waals surface area contributed by atoms with Crippen LogP contribution in [0.4, 0.5) is 0 Å². The standard InChI is InChI=1S/C13H15ClN2O2/c1-18-12-7-9-3-6-16(5-2-4-15)13(17)10(9)8-11(12)14/h3,6-8H,2,4-5,15H2,1H3. The van der Waals surface area contributed by atoms with Crippen LogP contribution in [0.3, 0.4) is 0 Å². The van der Waals surface area contributed by atoms with Crippen LogP contribution in [0.25, 0.3) is 10.8 Å². The summed E-state index contributed by atoms with van der Waals surface area (Å²) in [5.74, 6) is 0.572. The number of aromatic nitrogens is 1. The van der Waals surface area contributed by atoms with Gasteiger partial charge in [-0.2, -0.15) is 0 Å². The Balaban J connectivity index is 2.57. The van der Waals surface area contributed by atoms with Gasteiger partial charge in [0.05, 0.1) is 12.1 Å². The van der Waals surface area contributed by atoms with E-state index in [1.165, 1.54) is 0 Å². The number of ether oxygens (including phenoxy) is 1. The van der Waals surface area contributed by atoms with Crippen molar-refractivity contribution in [3.8, 4) is 5.75 Å². The lowest BCUT2D eigenvalue weighted by Gasteiger charge is -2.08. The van der Waals surface area contributed by atoms with Crippen molar-refractivity contribution in [2.24, 2.45) is 5.73 Å². The number of hydrogen-bond donors (Lipinski definition) is 1. The Bertz CT molecular complexity index is 622. The number of benzene rings is 1. The predicted octanol–water partition coefficient (Wildman–Crippen LogP) is 2.01. The first-order chi connectivity index (χ1) is 8.67. The molecular weight excluding hydrogens is 252 g/mol. The van der Waals surface area contributed by atoms with Gasteiger partial charge in [-0.1, -0.05) is 11.6 Å². The molecule has 0 aliphatic heterocycles. The molecule has 18 heavy (non-hydrogen) atoms. The van der Waals surface area contributed by atoms with Crippen molar-refractivity contribution in [1.82, 2.24) is 4.57 Å². The number of hydrogen-bond acceptors (Lipinski definition) is 3. The van der Waals surface area contributed by atoms with Gasteiger partial charge < -0.3 is 15.0 Å². The maximum atomic E-state index is 12.2. The van der Waals surface area contributed by atoms with E-state index in [2.05, 4.69) is 0 Å². The van der Waals surface area contributed by atoms with E-state index in [9.17, 15) is 4.79 Å². The fraction of sp³-hybridized carbons (Fsp3) is 0.308. The zero-order valence-electron chi connectivity index (χ0n) is 10.1. The number of aryl methyl sites for hydroxylation is 1. The Morgan fingerprint density at radius 3 is 2.89 bits per heavy atom. The van der Waals surface area contributed by atoms with E-state index in [1.807, 2.05) is 6.07 Å². The molecule has 1 aromatic heterocycles. The first kappa shape index (κ1) is 12.9. The lowest BCUT2D eigenvalue weighted by molar-refractivity contribution is 0.415. The molecule has 1 aromatic carbocycles. The summed E-state index contributed by atoms with van der Waals surface area (Å²) in [5, 5.41) is 1.87. The highest BCUT2D eigenvalue weighted by Crippen LogP contribution is 2.28. The maximum absolute atomic E-state index is 12.2. The molecule has 0 radical (unpaired) electrons. The Morgan fingerprint density at radius 2 is 2.22 bits per heavy atom. The molecule has 0 atom stereocenters. The molecule has 0 saturated carbocycles. The number of rotatable bonds is 4. The van der Waals surface area contributed by atoms with Crippen LogP contribution in [0.15, 0.2) is 29.2 Å². The summed E-state index contributed by atoms with van der Waals surface area (Å²) in [6.07, 6.45) is 2.54. The summed E-state index contributed by atoms with van der Waals surface area (Å²) >= 11 is 6.04. The Labute approximate surface area is 110 Å². The van der Waals surface area contributed by atoms with Crippen molar-refractivity contribution >= 4 is 22.4 Å². The molecule has 0 unspecified atom stereocenters. The molecular formula is C13H15ClN2O2. The second-order valence-electron chi connectivity index (χ2n) is 4.03. The molecule has 0 fully saturated rings. The molecule has 2 rings (SSSR count). The maximum Gasteiger partial charge on any atom is 0.258 e. The van der Waals surface area contributed by atoms with Crippen LogP contribution in [0.1, 0.15) is 6.42 Å². The van der Waals surface area contributed by atoms with Crippen LogP contribution >= 0.6 is 11.6 Å². The van der Waals surface area contributed by atoms with E-state index in [4.69, 9.17) is 22.1 Å². The summed E-state index contributed by atoms with van der Waals surface area (Å²) in [6, 6.07) is 5.30. The Hall–Kier alpha value is -1.52. The number of pyridine rings is 1. The van der Waals surface area contributed by atoms with Crippen LogP contribution in [0.5, 0.6) is 5.75 Å². The Morgan fingerprint density at radius 1 is 1.44 bits per heavy atom. The molecule has 4 nitrogen and oxygen atoms in total. The molecule has 0 aliphatic carbocycles. The smallest absolute Gasteiger partial charge is 0.258 e. The molecule has 0 amide bonds. The highest BCUT2D eigenvalue weighted by molar-refractivity contribution is 6.32. The third kappa shape index (κ3) is 2.35. The van der Waals surface area contributed by atoms with Gasteiger partial charge in [0.1, 0.15) is 5.75 Å². The Kier molecular flexibility index (Phi) is 3.89. The molecule has 1 heterocycles. The van der Waals surface area contributed by atoms with Crippen LogP contribution in [-0.2, 0) is 6.54 Å². The zero-order chi connectivity index (χ0) is 13.1. The fourth-order valence-corrected chi connectivity index (χ4v) is 2.12. The lowest BCUT2D eigenvalue weighted by atomic mass is 10.1. The van der Waals surface area contributed by atoms with E-state index in [1.54, 1.807) is 30.0 Å². The summed E-state index contributed by atoms with van der Waals surface area (Å²) in [7, 11) is 1.55. The topological polar surface area (TPSA) is 57.2 Å². The second kappa shape index (κ2) is 5.42. The van der Waals surface area contributed by atoms with Crippen LogP contribution in [-0.4, -0.2) is 18.2 Å². The highest BCUT2D eigenvalue weighted by atomic mass is 35.5. The largest absolute Gasteiger partial charge is 0.495 e. The number of fused-ring (bicyclic) bond motifs is 1. The third-order valence-electron chi connectivity index (χ3n) is 2.85. The lowest BCUT2D eigenvalue weighted by Crippen LogP contribution is -2.20. The van der Waals surface area contributed by atoms with E-state index < -0.39 is 0 Å². The third-order valence-corrected chi connectivity index (χ3v) is 3.15. The average molecular weight is 267 g/mol. The van der Waals surface area contributed by atoms with Gasteiger partial charge in [0.2, 0.25) is 0 Å². The number of nitrogens with two attached hydrogens (primary N) is 1. The normalized spacial score (nSPS) is 10.8. The van der Waals surface area contributed by atoms with Gasteiger partial charge in [0, 0.05) is 18.1 Å². The van der Waals surface area contributed by atoms with Crippen molar-refractivity contribution < 1.29 is 4.74 Å². The number of nitrogens with zero attached hydrogens (tertiary/aromatic N) is 1. The van der Waals surface area contributed by atoms with Gasteiger partial charge in [-0.05, 0) is 36.6 Å². The van der Waals surface area contributed by atoms with Gasteiger partial charge in [0.25, 0.3) is 5.56 Å². The predicted molar refractivity (Wildman–Crippen MR) is 73.4 cm³/mol. The molecule has 2 N–H and O–H groups in total. The summed E-state index contributed by atoms with van der Waals surface area (Å²) in [4.78, 5) is 12.2. The minimum atomic E-state index is -0.0505. The minimum Gasteiger partial charge on any atom is -0.495 e. The monoisotopic (exact) mass is 266 g/mol. The molecule has 96 valence electrons. The van der Waals surface area contributed by atoms with Crippen molar-refractivity contribution in [1.29, 1.82) is 0 Å². The van der Waals surface area contributed by atoms with E-state index in [-0.39, 0.29) is 5.56 Å². The summed E-state index contributed by atoms with van der Waals surface area (Å²) in [6.45, 7) is 1.18. The summed E-state index contributed by atoms with van der Waals surface area (Å²) < 4.78 is 6.78. The van der Waals surface area contributed by atoms with Crippen molar-refractivity contribution in [2.75, 3.05) is 13.7 Å². The van der Waals surface area contributed by atoms with Gasteiger partial charge in [-0.15, -0.1) is 0 Å². The molecule has 0 spiro atoms. The molecule has 5 heteroatoms. The van der Waals surface area contributed by atoms with E-state index >= 15 is 0 Å². The minimum absolute atomic E-state index is 0.0505. The first-order valence-electron chi connectivity index (χ1n) is 5.74. The van der Waals surface area contributed by atoms with Gasteiger partial charge in [-0.3, -0.25) is 4.79 Å². The highest BCUT2D eigenvalue weighted by Gasteiger charge is 2.07. The fourth-order valence-electron chi connectivity index (χ4n) is 1.88. The molecule has 0 aliphatic rings.